The standard InChI is InChI=1S/C34H28N3/c1-20-24-11-5-6-12-25(24)27(19-35)32-29(20)33-31-22(15-16-36(33)2)18-23(17-21-9-3-4-10-21)30-26-13-7-8-14-28(26)37(32)34(30)31/h5-8,11-16,18,21H,3-4,9-10,17H2,1-2H3/q+1. The van der Waals surface area contributed by atoms with Gasteiger partial charge in [-0.3, -0.25) is 0 Å². The van der Waals surface area contributed by atoms with Crippen molar-refractivity contribution in [2.24, 2.45) is 13.0 Å². The minimum absolute atomic E-state index is 0.762. The Bertz CT molecular complexity index is 2100. The van der Waals surface area contributed by atoms with Gasteiger partial charge < -0.3 is 4.40 Å². The third-order valence-corrected chi connectivity index (χ3v) is 9.12. The number of pyridine rings is 2. The Morgan fingerprint density at radius 3 is 2.41 bits per heavy atom. The quantitative estimate of drug-likeness (QED) is 0.141. The van der Waals surface area contributed by atoms with Crippen LogP contribution in [0.2, 0.25) is 0 Å². The first-order chi connectivity index (χ1) is 18.2. The SMILES string of the molecule is Cc1c2ccccc2c(C#N)c2c1c1c3c(cc[n+]1C)cc(CC1CCCC1)c1c4ccccc4n2c13. The molecule has 0 aliphatic heterocycles. The van der Waals surface area contributed by atoms with E-state index in [9.17, 15) is 5.26 Å². The number of hydrogen-bond acceptors (Lipinski definition) is 1. The molecule has 0 amide bonds. The average Bonchev–Trinajstić information content (AvgIpc) is 3.56. The summed E-state index contributed by atoms with van der Waals surface area (Å²) in [6.45, 7) is 2.23. The molecule has 178 valence electrons. The van der Waals surface area contributed by atoms with Gasteiger partial charge in [-0.1, -0.05) is 68.1 Å². The van der Waals surface area contributed by atoms with Gasteiger partial charge in [-0.25, -0.2) is 4.57 Å². The van der Waals surface area contributed by atoms with E-state index in [0.717, 1.165) is 34.2 Å². The van der Waals surface area contributed by atoms with E-state index in [1.807, 2.05) is 0 Å². The molecule has 3 heterocycles. The Labute approximate surface area is 215 Å². The highest BCUT2D eigenvalue weighted by molar-refractivity contribution is 6.30. The summed E-state index contributed by atoms with van der Waals surface area (Å²) in [6.07, 6.45) is 8.71. The fraction of sp³-hybridized carbons (Fsp3) is 0.235. The second-order valence-electron chi connectivity index (χ2n) is 11.1. The van der Waals surface area contributed by atoms with Crippen LogP contribution in [0.3, 0.4) is 0 Å². The highest BCUT2D eigenvalue weighted by Gasteiger charge is 2.29. The second-order valence-corrected chi connectivity index (χ2v) is 11.1. The van der Waals surface area contributed by atoms with Crippen molar-refractivity contribution in [3.05, 3.63) is 83.6 Å². The summed E-state index contributed by atoms with van der Waals surface area (Å²) < 4.78 is 4.70. The second kappa shape index (κ2) is 7.43. The van der Waals surface area contributed by atoms with Crippen LogP contribution < -0.4 is 4.57 Å². The third kappa shape index (κ3) is 2.63. The summed E-state index contributed by atoms with van der Waals surface area (Å²) in [6, 6.07) is 24.6. The van der Waals surface area contributed by atoms with Gasteiger partial charge in [0.1, 0.15) is 13.1 Å². The zero-order chi connectivity index (χ0) is 24.8. The molecule has 1 saturated carbocycles. The molecule has 0 unspecified atom stereocenters. The van der Waals surface area contributed by atoms with E-state index < -0.39 is 0 Å². The van der Waals surface area contributed by atoms with Gasteiger partial charge in [-0.05, 0) is 53.3 Å². The Kier molecular flexibility index (Phi) is 4.21. The van der Waals surface area contributed by atoms with Gasteiger partial charge in [0.05, 0.1) is 32.9 Å². The number of nitrogens with zero attached hydrogens (tertiary/aromatic N) is 3. The zero-order valence-corrected chi connectivity index (χ0v) is 21.3. The molecule has 8 rings (SSSR count). The monoisotopic (exact) mass is 478 g/mol. The van der Waals surface area contributed by atoms with Crippen LogP contribution in [0.5, 0.6) is 0 Å². The van der Waals surface area contributed by atoms with Crippen molar-refractivity contribution in [1.29, 1.82) is 5.26 Å². The van der Waals surface area contributed by atoms with Gasteiger partial charge in [0, 0.05) is 22.2 Å². The van der Waals surface area contributed by atoms with E-state index in [1.165, 1.54) is 80.3 Å². The summed E-state index contributed by atoms with van der Waals surface area (Å²) in [5, 5.41) is 19.3. The molecule has 3 nitrogen and oxygen atoms in total. The van der Waals surface area contributed by atoms with E-state index >= 15 is 0 Å². The number of hydrogen-bond donors (Lipinski definition) is 0. The number of nitriles is 1. The first kappa shape index (κ1) is 21.0. The van der Waals surface area contributed by atoms with E-state index in [1.54, 1.807) is 0 Å². The van der Waals surface area contributed by atoms with Crippen molar-refractivity contribution in [3.63, 3.8) is 0 Å². The summed E-state index contributed by atoms with van der Waals surface area (Å²) in [7, 11) is 2.15. The maximum atomic E-state index is 10.6. The molecule has 0 saturated heterocycles. The lowest BCUT2D eigenvalue weighted by Gasteiger charge is -2.18. The average molecular weight is 479 g/mol. The number of fused-ring (bicyclic) bond motifs is 7. The van der Waals surface area contributed by atoms with Crippen LogP contribution in [0, 0.1) is 24.2 Å². The van der Waals surface area contributed by atoms with Gasteiger partial charge in [0.25, 0.3) is 0 Å². The van der Waals surface area contributed by atoms with Gasteiger partial charge >= 0.3 is 0 Å². The molecule has 3 aromatic heterocycles. The predicted molar refractivity (Wildman–Crippen MR) is 152 cm³/mol. The van der Waals surface area contributed by atoms with Crippen LogP contribution in [0.25, 0.3) is 59.8 Å². The van der Waals surface area contributed by atoms with Crippen molar-refractivity contribution in [2.45, 2.75) is 39.0 Å². The minimum atomic E-state index is 0.762. The number of aryl methyl sites for hydroxylation is 2. The molecule has 4 aromatic carbocycles. The molecular formula is C34H28N3+. The largest absolute Gasteiger partial charge is 0.306 e. The van der Waals surface area contributed by atoms with Crippen molar-refractivity contribution in [3.8, 4) is 6.07 Å². The Hall–Kier alpha value is -4.16. The van der Waals surface area contributed by atoms with E-state index in [4.69, 9.17) is 0 Å². The van der Waals surface area contributed by atoms with Crippen molar-refractivity contribution >= 4 is 59.8 Å². The maximum Gasteiger partial charge on any atom is 0.224 e. The molecular weight excluding hydrogens is 450 g/mol. The van der Waals surface area contributed by atoms with Crippen molar-refractivity contribution in [1.82, 2.24) is 4.40 Å². The topological polar surface area (TPSA) is 32.1 Å². The fourth-order valence-electron chi connectivity index (χ4n) is 7.53. The molecule has 1 aliphatic rings. The smallest absolute Gasteiger partial charge is 0.224 e. The van der Waals surface area contributed by atoms with Crippen LogP contribution >= 0.6 is 0 Å². The molecule has 1 fully saturated rings. The van der Waals surface area contributed by atoms with Gasteiger partial charge in [-0.15, -0.1) is 0 Å². The van der Waals surface area contributed by atoms with Gasteiger partial charge in [0.15, 0.2) is 6.20 Å². The predicted octanol–water partition coefficient (Wildman–Crippen LogP) is 7.88. The lowest BCUT2D eigenvalue weighted by molar-refractivity contribution is -0.643. The molecule has 37 heavy (non-hydrogen) atoms. The van der Waals surface area contributed by atoms with E-state index in [-0.39, 0.29) is 0 Å². The van der Waals surface area contributed by atoms with Crippen LogP contribution in [-0.4, -0.2) is 4.40 Å². The highest BCUT2D eigenvalue weighted by Crippen LogP contribution is 2.45. The summed E-state index contributed by atoms with van der Waals surface area (Å²) in [5.74, 6) is 0.762. The Morgan fingerprint density at radius 1 is 0.892 bits per heavy atom. The van der Waals surface area contributed by atoms with Gasteiger partial charge in [-0.2, -0.15) is 5.26 Å². The van der Waals surface area contributed by atoms with E-state index in [0.29, 0.717) is 0 Å². The molecule has 3 heteroatoms. The first-order valence-corrected chi connectivity index (χ1v) is 13.5. The Morgan fingerprint density at radius 2 is 1.62 bits per heavy atom. The number of benzene rings is 4. The lowest BCUT2D eigenvalue weighted by Crippen LogP contribution is -2.29. The van der Waals surface area contributed by atoms with Gasteiger partial charge in [0.2, 0.25) is 5.52 Å². The minimum Gasteiger partial charge on any atom is -0.306 e. The zero-order valence-electron chi connectivity index (χ0n) is 21.3. The fourth-order valence-corrected chi connectivity index (χ4v) is 7.53. The molecule has 0 N–H and O–H groups in total. The maximum absolute atomic E-state index is 10.6. The summed E-state index contributed by atoms with van der Waals surface area (Å²) in [4.78, 5) is 0. The molecule has 1 aliphatic carbocycles. The summed E-state index contributed by atoms with van der Waals surface area (Å²) in [5.41, 5.74) is 8.20. The number of rotatable bonds is 2. The normalized spacial score (nSPS) is 14.8. The highest BCUT2D eigenvalue weighted by atomic mass is 15.0. The first-order valence-electron chi connectivity index (χ1n) is 13.5. The molecule has 0 bridgehead atoms. The lowest BCUT2D eigenvalue weighted by atomic mass is 9.89. The molecule has 0 radical (unpaired) electrons. The van der Waals surface area contributed by atoms with Crippen molar-refractivity contribution in [2.75, 3.05) is 0 Å². The van der Waals surface area contributed by atoms with Crippen LogP contribution in [0.1, 0.15) is 42.4 Å². The number of aromatic nitrogens is 2. The van der Waals surface area contributed by atoms with Crippen LogP contribution in [0.15, 0.2) is 66.9 Å². The van der Waals surface area contributed by atoms with E-state index in [2.05, 4.69) is 95.9 Å². The molecule has 0 spiro atoms. The van der Waals surface area contributed by atoms with Crippen LogP contribution in [-0.2, 0) is 13.5 Å². The number of para-hydroxylation sites is 1. The summed E-state index contributed by atoms with van der Waals surface area (Å²) >= 11 is 0. The Balaban J connectivity index is 1.73. The molecule has 7 aromatic rings. The van der Waals surface area contributed by atoms with Crippen LogP contribution in [0.4, 0.5) is 0 Å². The van der Waals surface area contributed by atoms with Crippen molar-refractivity contribution < 1.29 is 4.57 Å². The third-order valence-electron chi connectivity index (χ3n) is 9.12. The molecule has 0 atom stereocenters.